The summed E-state index contributed by atoms with van der Waals surface area (Å²) < 4.78 is 6.21. The van der Waals surface area contributed by atoms with Crippen molar-refractivity contribution >= 4 is 25.8 Å². The molecule has 0 aliphatic rings. The van der Waals surface area contributed by atoms with Crippen molar-refractivity contribution in [1.29, 1.82) is 0 Å². The van der Waals surface area contributed by atoms with Crippen molar-refractivity contribution < 1.29 is 9.22 Å². The lowest BCUT2D eigenvalue weighted by Crippen LogP contribution is -2.40. The lowest BCUT2D eigenvalue weighted by Gasteiger charge is -2.36. The first-order valence-corrected chi connectivity index (χ1v) is 10.5. The van der Waals surface area contributed by atoms with Crippen molar-refractivity contribution in [2.45, 2.75) is 59.0 Å². The molecule has 0 bridgehead atoms. The van der Waals surface area contributed by atoms with Gasteiger partial charge in [0.2, 0.25) is 5.91 Å². The van der Waals surface area contributed by atoms with Gasteiger partial charge in [0, 0.05) is 18.5 Å². The van der Waals surface area contributed by atoms with Crippen LogP contribution in [0.25, 0.3) is 0 Å². The molecule has 0 spiro atoms. The van der Waals surface area contributed by atoms with Crippen LogP contribution in [0.4, 0.5) is 0 Å². The molecule has 0 aromatic heterocycles. The first-order chi connectivity index (χ1) is 9.53. The van der Waals surface area contributed by atoms with Crippen LogP contribution in [0.3, 0.4) is 0 Å². The summed E-state index contributed by atoms with van der Waals surface area (Å²) in [6.07, 6.45) is 0. The number of amides is 1. The largest absolute Gasteiger partial charge is 0.413 e. The van der Waals surface area contributed by atoms with E-state index in [2.05, 4.69) is 39.2 Å². The van der Waals surface area contributed by atoms with E-state index < -0.39 is 8.32 Å². The van der Waals surface area contributed by atoms with E-state index >= 15 is 0 Å². The third-order valence-electron chi connectivity index (χ3n) is 4.05. The average molecular weight is 328 g/mol. The third kappa shape index (κ3) is 5.45. The van der Waals surface area contributed by atoms with Crippen molar-refractivity contribution in [3.05, 3.63) is 34.3 Å². The molecule has 1 rings (SSSR count). The van der Waals surface area contributed by atoms with Gasteiger partial charge >= 0.3 is 0 Å². The zero-order valence-electron chi connectivity index (χ0n) is 13.8. The lowest BCUT2D eigenvalue weighted by atomic mass is 10.1. The van der Waals surface area contributed by atoms with Crippen molar-refractivity contribution in [2.24, 2.45) is 0 Å². The minimum atomic E-state index is -1.79. The molecule has 0 aliphatic heterocycles. The van der Waals surface area contributed by atoms with Crippen LogP contribution in [0.2, 0.25) is 23.2 Å². The van der Waals surface area contributed by atoms with E-state index in [1.54, 1.807) is 0 Å². The molecule has 3 nitrogen and oxygen atoms in total. The van der Waals surface area contributed by atoms with E-state index in [1.807, 2.05) is 18.2 Å². The second kappa shape index (κ2) is 6.94. The first kappa shape index (κ1) is 18.2. The van der Waals surface area contributed by atoms with E-state index in [4.69, 9.17) is 16.0 Å². The van der Waals surface area contributed by atoms with Gasteiger partial charge in [-0.05, 0) is 35.3 Å². The van der Waals surface area contributed by atoms with Crippen LogP contribution in [-0.2, 0) is 22.4 Å². The smallest absolute Gasteiger partial charge is 0.217 e. The Hall–Kier alpha value is -0.843. The molecule has 118 valence electrons. The van der Waals surface area contributed by atoms with Crippen LogP contribution in [-0.4, -0.2) is 14.2 Å². The molecule has 0 fully saturated rings. The summed E-state index contributed by atoms with van der Waals surface area (Å²) in [6.45, 7) is 13.6. The normalized spacial score (nSPS) is 12.3. The minimum absolute atomic E-state index is 0.0379. The number of rotatable bonds is 5. The zero-order valence-corrected chi connectivity index (χ0v) is 15.6. The maximum Gasteiger partial charge on any atom is 0.217 e. The molecule has 0 saturated carbocycles. The van der Waals surface area contributed by atoms with Gasteiger partial charge in [-0.2, -0.15) is 0 Å². The monoisotopic (exact) mass is 327 g/mol. The molecule has 0 saturated heterocycles. The van der Waals surface area contributed by atoms with Gasteiger partial charge in [0.15, 0.2) is 8.32 Å². The predicted octanol–water partition coefficient (Wildman–Crippen LogP) is 4.50. The molecular formula is C16H26ClNO2Si. The number of halogens is 1. The average Bonchev–Trinajstić information content (AvgIpc) is 2.34. The summed E-state index contributed by atoms with van der Waals surface area (Å²) in [7, 11) is -1.79. The zero-order chi connectivity index (χ0) is 16.3. The number of benzene rings is 1. The van der Waals surface area contributed by atoms with Crippen LogP contribution in [0, 0.1) is 0 Å². The lowest BCUT2D eigenvalue weighted by molar-refractivity contribution is -0.119. The molecular weight excluding hydrogens is 302 g/mol. The summed E-state index contributed by atoms with van der Waals surface area (Å²) in [5, 5.41) is 3.67. The standard InChI is InChI=1S/C16H26ClNO2Si/c1-12(19)18-10-13-7-8-15(17)14(9-13)11-20-21(5,6)16(2,3)4/h7-9H,10-11H2,1-6H3,(H,18,19). The van der Waals surface area contributed by atoms with Gasteiger partial charge in [0.1, 0.15) is 0 Å². The van der Waals surface area contributed by atoms with Gasteiger partial charge in [-0.25, -0.2) is 0 Å². The highest BCUT2D eigenvalue weighted by Gasteiger charge is 2.37. The minimum Gasteiger partial charge on any atom is -0.413 e. The third-order valence-corrected chi connectivity index (χ3v) is 8.89. The quantitative estimate of drug-likeness (QED) is 0.809. The maximum absolute atomic E-state index is 11.0. The molecule has 0 radical (unpaired) electrons. The number of carbonyl (C=O) groups excluding carboxylic acids is 1. The molecule has 0 heterocycles. The maximum atomic E-state index is 11.0. The van der Waals surface area contributed by atoms with Crippen LogP contribution >= 0.6 is 11.6 Å². The molecule has 1 aromatic carbocycles. The van der Waals surface area contributed by atoms with Crippen LogP contribution in [0.1, 0.15) is 38.8 Å². The summed E-state index contributed by atoms with van der Waals surface area (Å²) in [6, 6.07) is 5.79. The highest BCUT2D eigenvalue weighted by atomic mass is 35.5. The summed E-state index contributed by atoms with van der Waals surface area (Å²) in [4.78, 5) is 11.0. The molecule has 1 amide bonds. The fraction of sp³-hybridized carbons (Fsp3) is 0.562. The van der Waals surface area contributed by atoms with Crippen molar-refractivity contribution in [3.63, 3.8) is 0 Å². The number of carbonyl (C=O) groups is 1. The molecule has 21 heavy (non-hydrogen) atoms. The second-order valence-corrected chi connectivity index (χ2v) is 12.1. The SMILES string of the molecule is CC(=O)NCc1ccc(Cl)c(CO[Si](C)(C)C(C)(C)C)c1. The molecule has 1 aromatic rings. The Morgan fingerprint density at radius 2 is 1.95 bits per heavy atom. The Kier molecular flexibility index (Phi) is 6.02. The molecule has 0 atom stereocenters. The fourth-order valence-corrected chi connectivity index (χ4v) is 2.67. The van der Waals surface area contributed by atoms with Gasteiger partial charge < -0.3 is 9.74 Å². The predicted molar refractivity (Wildman–Crippen MR) is 91.0 cm³/mol. The van der Waals surface area contributed by atoms with Crippen molar-refractivity contribution in [2.75, 3.05) is 0 Å². The summed E-state index contributed by atoms with van der Waals surface area (Å²) >= 11 is 6.25. The van der Waals surface area contributed by atoms with E-state index in [1.165, 1.54) is 6.92 Å². The summed E-state index contributed by atoms with van der Waals surface area (Å²) in [5.41, 5.74) is 2.01. The van der Waals surface area contributed by atoms with E-state index in [0.29, 0.717) is 18.2 Å². The van der Waals surface area contributed by atoms with Gasteiger partial charge in [-0.1, -0.05) is 44.5 Å². The van der Waals surface area contributed by atoms with Gasteiger partial charge in [0.25, 0.3) is 0 Å². The molecule has 0 aliphatic carbocycles. The molecule has 0 unspecified atom stereocenters. The Balaban J connectivity index is 2.79. The van der Waals surface area contributed by atoms with Crippen molar-refractivity contribution in [1.82, 2.24) is 5.32 Å². The molecule has 5 heteroatoms. The van der Waals surface area contributed by atoms with Gasteiger partial charge in [0.05, 0.1) is 6.61 Å². The van der Waals surface area contributed by atoms with Crippen LogP contribution in [0.15, 0.2) is 18.2 Å². The Bertz CT molecular complexity index is 509. The fourth-order valence-electron chi connectivity index (χ4n) is 1.55. The number of nitrogens with one attached hydrogen (secondary N) is 1. The van der Waals surface area contributed by atoms with Crippen molar-refractivity contribution in [3.8, 4) is 0 Å². The first-order valence-electron chi connectivity index (χ1n) is 7.18. The Morgan fingerprint density at radius 1 is 1.33 bits per heavy atom. The van der Waals surface area contributed by atoms with E-state index in [9.17, 15) is 4.79 Å². The van der Waals surface area contributed by atoms with Crippen LogP contribution < -0.4 is 5.32 Å². The highest BCUT2D eigenvalue weighted by molar-refractivity contribution is 6.74. The Morgan fingerprint density at radius 3 is 2.48 bits per heavy atom. The van der Waals surface area contributed by atoms with E-state index in [-0.39, 0.29) is 10.9 Å². The Labute approximate surface area is 134 Å². The highest BCUT2D eigenvalue weighted by Crippen LogP contribution is 2.37. The second-order valence-electron chi connectivity index (χ2n) is 6.88. The molecule has 1 N–H and O–H groups in total. The van der Waals surface area contributed by atoms with E-state index in [0.717, 1.165) is 11.1 Å². The van der Waals surface area contributed by atoms with Gasteiger partial charge in [-0.15, -0.1) is 0 Å². The topological polar surface area (TPSA) is 38.3 Å². The number of hydrogen-bond acceptors (Lipinski definition) is 2. The van der Waals surface area contributed by atoms with Crippen LogP contribution in [0.5, 0.6) is 0 Å². The van der Waals surface area contributed by atoms with Gasteiger partial charge in [-0.3, -0.25) is 4.79 Å². The number of hydrogen-bond donors (Lipinski definition) is 1. The summed E-state index contributed by atoms with van der Waals surface area (Å²) in [5.74, 6) is -0.0379.